The van der Waals surface area contributed by atoms with Crippen LogP contribution in [-0.4, -0.2) is 29.3 Å². The van der Waals surface area contributed by atoms with E-state index in [4.69, 9.17) is 13.9 Å². The molecule has 5 rings (SSSR count). The number of amides is 1. The predicted octanol–water partition coefficient (Wildman–Crippen LogP) is 4.95. The van der Waals surface area contributed by atoms with E-state index in [9.17, 15) is 9.59 Å². The molecule has 1 amide bonds. The molecule has 0 saturated heterocycles. The first-order valence-electron chi connectivity index (χ1n) is 10.3. The van der Waals surface area contributed by atoms with Crippen LogP contribution in [0.15, 0.2) is 55.6 Å². The first-order valence-corrected chi connectivity index (χ1v) is 12.0. The Balaban J connectivity index is 1.77. The molecule has 4 aromatic rings. The number of carbonyl (C=O) groups excluding carboxylic acids is 1. The second-order valence-corrected chi connectivity index (χ2v) is 8.91. The first kappa shape index (κ1) is 21.6. The van der Waals surface area contributed by atoms with Crippen molar-refractivity contribution in [2.45, 2.75) is 19.9 Å². The number of nitrogens with zero attached hydrogens (tertiary/aromatic N) is 3. The zero-order chi connectivity index (χ0) is 23.1. The third-order valence-corrected chi connectivity index (χ3v) is 6.45. The molecule has 1 unspecified atom stereocenters. The summed E-state index contributed by atoms with van der Waals surface area (Å²) in [6, 6.07) is 9.76. The van der Waals surface area contributed by atoms with E-state index in [0.29, 0.717) is 46.4 Å². The lowest BCUT2D eigenvalue weighted by Gasteiger charge is -2.23. The second kappa shape index (κ2) is 8.60. The second-order valence-electron chi connectivity index (χ2n) is 7.19. The van der Waals surface area contributed by atoms with Crippen LogP contribution in [0.1, 0.15) is 41.6 Å². The molecular weight excluding hydrogens is 510 g/mol. The van der Waals surface area contributed by atoms with Gasteiger partial charge in [0, 0.05) is 4.47 Å². The smallest absolute Gasteiger partial charge is 0.297 e. The Hall–Kier alpha value is -3.24. The van der Waals surface area contributed by atoms with E-state index in [1.807, 2.05) is 19.9 Å². The summed E-state index contributed by atoms with van der Waals surface area (Å²) in [4.78, 5) is 28.6. The molecule has 33 heavy (non-hydrogen) atoms. The highest BCUT2D eigenvalue weighted by molar-refractivity contribution is 9.10. The Bertz CT molecular complexity index is 1420. The topological polar surface area (TPSA) is 94.8 Å². The van der Waals surface area contributed by atoms with Crippen molar-refractivity contribution < 1.29 is 18.7 Å². The van der Waals surface area contributed by atoms with Crippen LogP contribution in [0.25, 0.3) is 11.0 Å². The van der Waals surface area contributed by atoms with Gasteiger partial charge in [-0.1, -0.05) is 33.3 Å². The van der Waals surface area contributed by atoms with Crippen LogP contribution in [-0.2, 0) is 0 Å². The number of halogens is 1. The van der Waals surface area contributed by atoms with Crippen LogP contribution in [0, 0.1) is 0 Å². The Morgan fingerprint density at radius 1 is 1.09 bits per heavy atom. The summed E-state index contributed by atoms with van der Waals surface area (Å²) in [6.07, 6.45) is 0. The molecule has 0 saturated carbocycles. The molecule has 1 atom stereocenters. The summed E-state index contributed by atoms with van der Waals surface area (Å²) in [7, 11) is 0. The highest BCUT2D eigenvalue weighted by Crippen LogP contribution is 2.43. The number of hydrogen-bond acceptors (Lipinski definition) is 8. The van der Waals surface area contributed by atoms with Crippen molar-refractivity contribution in [2.24, 2.45) is 0 Å². The molecule has 2 aromatic carbocycles. The number of hydrogen-bond donors (Lipinski definition) is 0. The molecule has 2 aromatic heterocycles. The SMILES string of the molecule is CCOc1ccc(C2c3c(oc4ccc(Br)cc4c3=O)C(=O)N2c2nncs2)cc1OCC. The highest BCUT2D eigenvalue weighted by Gasteiger charge is 2.45. The fourth-order valence-corrected chi connectivity index (χ4v) is 4.91. The number of benzene rings is 2. The third kappa shape index (κ3) is 3.59. The van der Waals surface area contributed by atoms with Gasteiger partial charge in [0.2, 0.25) is 10.9 Å². The van der Waals surface area contributed by atoms with Crippen molar-refractivity contribution in [1.82, 2.24) is 10.2 Å². The zero-order valence-corrected chi connectivity index (χ0v) is 20.1. The van der Waals surface area contributed by atoms with Gasteiger partial charge in [-0.25, -0.2) is 0 Å². The van der Waals surface area contributed by atoms with E-state index in [1.165, 1.54) is 21.7 Å². The van der Waals surface area contributed by atoms with Crippen molar-refractivity contribution in [3.05, 3.63) is 73.5 Å². The van der Waals surface area contributed by atoms with Gasteiger partial charge in [-0.05, 0) is 49.7 Å². The lowest BCUT2D eigenvalue weighted by molar-refractivity contribution is 0.0970. The maximum Gasteiger partial charge on any atom is 0.297 e. The largest absolute Gasteiger partial charge is 0.490 e. The van der Waals surface area contributed by atoms with Crippen LogP contribution in [0.3, 0.4) is 0 Å². The summed E-state index contributed by atoms with van der Waals surface area (Å²) >= 11 is 4.61. The molecule has 8 nitrogen and oxygen atoms in total. The number of anilines is 1. The number of aromatic nitrogens is 2. The summed E-state index contributed by atoms with van der Waals surface area (Å²) in [6.45, 7) is 4.68. The van der Waals surface area contributed by atoms with Crippen molar-refractivity contribution in [2.75, 3.05) is 18.1 Å². The summed E-state index contributed by atoms with van der Waals surface area (Å²) in [5.41, 5.74) is 2.54. The quantitative estimate of drug-likeness (QED) is 0.349. The van der Waals surface area contributed by atoms with E-state index in [-0.39, 0.29) is 16.8 Å². The molecule has 168 valence electrons. The molecule has 0 spiro atoms. The average molecular weight is 528 g/mol. The van der Waals surface area contributed by atoms with Gasteiger partial charge in [0.25, 0.3) is 5.91 Å². The monoisotopic (exact) mass is 527 g/mol. The van der Waals surface area contributed by atoms with Gasteiger partial charge in [0.1, 0.15) is 11.1 Å². The zero-order valence-electron chi connectivity index (χ0n) is 17.7. The van der Waals surface area contributed by atoms with Gasteiger partial charge in [0.05, 0.1) is 30.2 Å². The van der Waals surface area contributed by atoms with E-state index >= 15 is 0 Å². The molecule has 1 aliphatic rings. The van der Waals surface area contributed by atoms with Gasteiger partial charge in [-0.3, -0.25) is 14.5 Å². The van der Waals surface area contributed by atoms with Crippen LogP contribution in [0.5, 0.6) is 11.5 Å². The maximum atomic E-state index is 13.6. The molecule has 0 N–H and O–H groups in total. The summed E-state index contributed by atoms with van der Waals surface area (Å²) < 4.78 is 18.2. The minimum atomic E-state index is -0.755. The Labute approximate surface area is 200 Å². The van der Waals surface area contributed by atoms with E-state index in [1.54, 1.807) is 30.3 Å². The predicted molar refractivity (Wildman–Crippen MR) is 128 cm³/mol. The van der Waals surface area contributed by atoms with Crippen LogP contribution in [0.4, 0.5) is 5.13 Å². The minimum absolute atomic E-state index is 0.00173. The van der Waals surface area contributed by atoms with Crippen LogP contribution >= 0.6 is 27.3 Å². The van der Waals surface area contributed by atoms with E-state index in [0.717, 1.165) is 4.47 Å². The fourth-order valence-electron chi connectivity index (χ4n) is 3.97. The van der Waals surface area contributed by atoms with Crippen LogP contribution in [0.2, 0.25) is 0 Å². The summed E-state index contributed by atoms with van der Waals surface area (Å²) in [5.74, 6) is 0.676. The number of ether oxygens (including phenoxy) is 2. The Morgan fingerprint density at radius 2 is 1.88 bits per heavy atom. The standard InChI is InChI=1S/C23H18BrN3O5S/c1-3-30-16-7-5-12(9-17(16)31-4-2)19-18-20(28)14-10-13(24)6-8-15(14)32-21(18)22(29)27(19)23-26-25-11-33-23/h5-11,19H,3-4H2,1-2H3. The number of fused-ring (bicyclic) bond motifs is 2. The number of rotatable bonds is 6. The molecule has 0 fully saturated rings. The first-order chi connectivity index (χ1) is 16.0. The van der Waals surface area contributed by atoms with Crippen LogP contribution < -0.4 is 19.8 Å². The minimum Gasteiger partial charge on any atom is -0.490 e. The van der Waals surface area contributed by atoms with Crippen molar-refractivity contribution in [1.29, 1.82) is 0 Å². The normalized spacial score (nSPS) is 15.2. The lowest BCUT2D eigenvalue weighted by Crippen LogP contribution is -2.29. The lowest BCUT2D eigenvalue weighted by atomic mass is 9.98. The molecular formula is C23H18BrN3O5S. The van der Waals surface area contributed by atoms with E-state index < -0.39 is 11.9 Å². The fraction of sp³-hybridized carbons (Fsp3) is 0.217. The Kier molecular flexibility index (Phi) is 5.63. The van der Waals surface area contributed by atoms with E-state index in [2.05, 4.69) is 26.1 Å². The Morgan fingerprint density at radius 3 is 2.61 bits per heavy atom. The van der Waals surface area contributed by atoms with Gasteiger partial charge < -0.3 is 13.9 Å². The molecule has 0 bridgehead atoms. The maximum absolute atomic E-state index is 13.6. The third-order valence-electron chi connectivity index (χ3n) is 5.27. The number of carbonyl (C=O) groups is 1. The molecule has 3 heterocycles. The van der Waals surface area contributed by atoms with Crippen molar-refractivity contribution >= 4 is 49.3 Å². The van der Waals surface area contributed by atoms with Crippen molar-refractivity contribution in [3.8, 4) is 11.5 Å². The molecule has 0 aliphatic carbocycles. The van der Waals surface area contributed by atoms with Gasteiger partial charge >= 0.3 is 0 Å². The summed E-state index contributed by atoms with van der Waals surface area (Å²) in [5, 5.41) is 8.73. The molecule has 10 heteroatoms. The molecule has 1 aliphatic heterocycles. The highest BCUT2D eigenvalue weighted by atomic mass is 79.9. The van der Waals surface area contributed by atoms with Gasteiger partial charge in [-0.15, -0.1) is 10.2 Å². The molecule has 0 radical (unpaired) electrons. The van der Waals surface area contributed by atoms with Gasteiger partial charge in [0.15, 0.2) is 16.9 Å². The average Bonchev–Trinajstić information content (AvgIpc) is 3.43. The van der Waals surface area contributed by atoms with Crippen molar-refractivity contribution in [3.63, 3.8) is 0 Å². The van der Waals surface area contributed by atoms with Gasteiger partial charge in [-0.2, -0.15) is 0 Å².